The molecule has 0 radical (unpaired) electrons. The van der Waals surface area contributed by atoms with E-state index in [1.807, 2.05) is 0 Å². The number of halogens is 3. The first-order valence-corrected chi connectivity index (χ1v) is 9.37. The Bertz CT molecular complexity index is 912. The minimum atomic E-state index is -5.37. The van der Waals surface area contributed by atoms with Crippen LogP contribution in [0.2, 0.25) is 0 Å². The van der Waals surface area contributed by atoms with Crippen LogP contribution in [0, 0.1) is 0 Å². The third-order valence-corrected chi connectivity index (χ3v) is 4.95. The highest BCUT2D eigenvalue weighted by Crippen LogP contribution is 2.30. The number of alkyl halides is 3. The lowest BCUT2D eigenvalue weighted by Crippen LogP contribution is -2.23. The molecule has 2 aromatic rings. The number of nitrogens with zero attached hydrogens (tertiary/aromatic N) is 1. The van der Waals surface area contributed by atoms with Crippen molar-refractivity contribution in [2.24, 2.45) is 10.7 Å². The molecule has 0 unspecified atom stereocenters. The first-order valence-electron chi connectivity index (χ1n) is 7.88. The van der Waals surface area contributed by atoms with Gasteiger partial charge in [-0.3, -0.25) is 0 Å². The highest BCUT2D eigenvalue weighted by molar-refractivity contribution is 7.92. The van der Waals surface area contributed by atoms with Gasteiger partial charge in [-0.25, -0.2) is 13.4 Å². The van der Waals surface area contributed by atoms with Crippen molar-refractivity contribution in [3.8, 4) is 11.5 Å². The second-order valence-electron chi connectivity index (χ2n) is 5.39. The largest absolute Gasteiger partial charge is 0.501 e. The van der Waals surface area contributed by atoms with Gasteiger partial charge in [0.1, 0.15) is 18.1 Å². The number of hydrogen-bond donors (Lipinski definition) is 2. The minimum Gasteiger partial charge on any atom is -0.497 e. The molecule has 0 amide bonds. The van der Waals surface area contributed by atoms with Crippen molar-refractivity contribution in [1.82, 2.24) is 0 Å². The number of methoxy groups -OCH3 is 1. The van der Waals surface area contributed by atoms with Crippen LogP contribution in [0.5, 0.6) is 11.5 Å². The van der Waals surface area contributed by atoms with Gasteiger partial charge in [0.15, 0.2) is 5.96 Å². The van der Waals surface area contributed by atoms with Crippen LogP contribution in [0.3, 0.4) is 0 Å². The molecule has 0 atom stereocenters. The molecule has 0 aromatic heterocycles. The van der Waals surface area contributed by atoms with Crippen molar-refractivity contribution in [2.45, 2.75) is 10.4 Å². The van der Waals surface area contributed by atoms with Crippen molar-refractivity contribution in [2.75, 3.05) is 25.6 Å². The lowest BCUT2D eigenvalue weighted by atomic mass is 10.3. The molecule has 2 rings (SSSR count). The fourth-order valence-electron chi connectivity index (χ4n) is 2.04. The summed E-state index contributed by atoms with van der Waals surface area (Å²) in [6.45, 7) is 0.272. The third-order valence-electron chi connectivity index (χ3n) is 3.44. The van der Waals surface area contributed by atoms with Crippen molar-refractivity contribution < 1.29 is 31.1 Å². The van der Waals surface area contributed by atoms with Gasteiger partial charge in [-0.15, -0.1) is 0 Å². The average Bonchev–Trinajstić information content (AvgIpc) is 2.65. The number of anilines is 1. The maximum atomic E-state index is 12.5. The Labute approximate surface area is 159 Å². The molecular weight excluding hydrogens is 399 g/mol. The van der Waals surface area contributed by atoms with E-state index < -0.39 is 20.2 Å². The van der Waals surface area contributed by atoms with Crippen molar-refractivity contribution in [3.63, 3.8) is 0 Å². The SMILES string of the molecule is COc1ccc(NC(N)=NCCOc2ccc(S(=O)(=O)C(F)(F)F)cc2)cc1. The summed E-state index contributed by atoms with van der Waals surface area (Å²) in [5, 5.41) is 2.87. The summed E-state index contributed by atoms with van der Waals surface area (Å²) in [5.74, 6) is 1.06. The van der Waals surface area contributed by atoms with E-state index in [0.29, 0.717) is 11.4 Å². The van der Waals surface area contributed by atoms with Gasteiger partial charge in [0.05, 0.1) is 18.6 Å². The van der Waals surface area contributed by atoms with Crippen LogP contribution in [0.4, 0.5) is 18.9 Å². The molecule has 0 aliphatic heterocycles. The fraction of sp³-hybridized carbons (Fsp3) is 0.235. The molecule has 0 saturated heterocycles. The predicted octanol–water partition coefficient (Wildman–Crippen LogP) is 2.79. The molecule has 0 saturated carbocycles. The molecule has 0 heterocycles. The van der Waals surface area contributed by atoms with Crippen LogP contribution < -0.4 is 20.5 Å². The summed E-state index contributed by atoms with van der Waals surface area (Å²) in [6.07, 6.45) is 0. The van der Waals surface area contributed by atoms with Gasteiger partial charge in [-0.05, 0) is 48.5 Å². The van der Waals surface area contributed by atoms with Crippen LogP contribution in [-0.2, 0) is 9.84 Å². The lowest BCUT2D eigenvalue weighted by Gasteiger charge is -2.09. The summed E-state index contributed by atoms with van der Waals surface area (Å²) in [5.41, 5.74) is 1.11. The van der Waals surface area contributed by atoms with Crippen molar-refractivity contribution in [3.05, 3.63) is 48.5 Å². The predicted molar refractivity (Wildman–Crippen MR) is 98.3 cm³/mol. The molecular formula is C17H18F3N3O4S. The number of nitrogens with two attached hydrogens (primary N) is 1. The van der Waals surface area contributed by atoms with Gasteiger partial charge >= 0.3 is 5.51 Å². The standard InChI is InChI=1S/C17H18F3N3O4S/c1-26-13-4-2-12(3-5-13)23-16(21)22-10-11-27-14-6-8-15(9-7-14)28(24,25)17(18,19)20/h2-9H,10-11H2,1H3,(H3,21,22,23). The number of rotatable bonds is 7. The summed E-state index contributed by atoms with van der Waals surface area (Å²) in [7, 11) is -3.82. The maximum Gasteiger partial charge on any atom is 0.501 e. The highest BCUT2D eigenvalue weighted by Gasteiger charge is 2.46. The zero-order chi connectivity index (χ0) is 20.8. The van der Waals surface area contributed by atoms with Gasteiger partial charge in [0.25, 0.3) is 9.84 Å². The summed E-state index contributed by atoms with van der Waals surface area (Å²) in [6, 6.07) is 11.0. The number of sulfone groups is 1. The smallest absolute Gasteiger partial charge is 0.497 e. The molecule has 0 aliphatic rings. The molecule has 152 valence electrons. The van der Waals surface area contributed by atoms with E-state index in [0.717, 1.165) is 24.3 Å². The van der Waals surface area contributed by atoms with E-state index in [2.05, 4.69) is 10.3 Å². The average molecular weight is 417 g/mol. The van der Waals surface area contributed by atoms with Crippen LogP contribution in [0.15, 0.2) is 58.4 Å². The Hall–Kier alpha value is -2.95. The molecule has 0 bridgehead atoms. The summed E-state index contributed by atoms with van der Waals surface area (Å²) < 4.78 is 70.3. The lowest BCUT2D eigenvalue weighted by molar-refractivity contribution is -0.0436. The molecule has 0 spiro atoms. The third kappa shape index (κ3) is 5.52. The van der Waals surface area contributed by atoms with E-state index in [1.165, 1.54) is 0 Å². The van der Waals surface area contributed by atoms with Crippen LogP contribution >= 0.6 is 0 Å². The fourth-order valence-corrected chi connectivity index (χ4v) is 2.80. The Morgan fingerprint density at radius 3 is 2.18 bits per heavy atom. The highest BCUT2D eigenvalue weighted by atomic mass is 32.2. The van der Waals surface area contributed by atoms with E-state index in [9.17, 15) is 21.6 Å². The minimum absolute atomic E-state index is 0.0936. The van der Waals surface area contributed by atoms with Crippen LogP contribution in [0.25, 0.3) is 0 Å². The van der Waals surface area contributed by atoms with E-state index in [4.69, 9.17) is 15.2 Å². The number of hydrogen-bond acceptors (Lipinski definition) is 5. The van der Waals surface area contributed by atoms with Crippen LogP contribution in [-0.4, -0.2) is 40.1 Å². The van der Waals surface area contributed by atoms with Gasteiger partial charge in [0.2, 0.25) is 0 Å². The van der Waals surface area contributed by atoms with Gasteiger partial charge in [-0.2, -0.15) is 13.2 Å². The Morgan fingerprint density at radius 1 is 1.07 bits per heavy atom. The van der Waals surface area contributed by atoms with Crippen LogP contribution in [0.1, 0.15) is 0 Å². The molecule has 0 aliphatic carbocycles. The monoisotopic (exact) mass is 417 g/mol. The molecule has 7 nitrogen and oxygen atoms in total. The second-order valence-corrected chi connectivity index (χ2v) is 7.33. The summed E-state index contributed by atoms with van der Waals surface area (Å²) >= 11 is 0. The van der Waals surface area contributed by atoms with E-state index in [1.54, 1.807) is 31.4 Å². The Kier molecular flexibility index (Phi) is 6.73. The molecule has 11 heteroatoms. The second kappa shape index (κ2) is 8.83. The number of ether oxygens (including phenoxy) is 2. The molecule has 3 N–H and O–H groups in total. The zero-order valence-electron chi connectivity index (χ0n) is 14.7. The first kappa shape index (κ1) is 21.4. The quantitative estimate of drug-likeness (QED) is 0.408. The van der Waals surface area contributed by atoms with E-state index in [-0.39, 0.29) is 24.9 Å². The van der Waals surface area contributed by atoms with Gasteiger partial charge < -0.3 is 20.5 Å². The molecule has 28 heavy (non-hydrogen) atoms. The topological polar surface area (TPSA) is 103 Å². The zero-order valence-corrected chi connectivity index (χ0v) is 15.5. The molecule has 2 aromatic carbocycles. The van der Waals surface area contributed by atoms with Gasteiger partial charge in [-0.1, -0.05) is 0 Å². The number of nitrogens with one attached hydrogen (secondary N) is 1. The summed E-state index contributed by atoms with van der Waals surface area (Å²) in [4.78, 5) is 3.20. The van der Waals surface area contributed by atoms with Crippen molar-refractivity contribution in [1.29, 1.82) is 0 Å². The van der Waals surface area contributed by atoms with Gasteiger partial charge in [0, 0.05) is 5.69 Å². The Morgan fingerprint density at radius 2 is 1.64 bits per heavy atom. The van der Waals surface area contributed by atoms with Crippen molar-refractivity contribution >= 4 is 21.5 Å². The van der Waals surface area contributed by atoms with E-state index >= 15 is 0 Å². The number of guanidine groups is 1. The number of aliphatic imine (C=N–C) groups is 1. The maximum absolute atomic E-state index is 12.5. The number of benzene rings is 2. The molecule has 0 fully saturated rings. The Balaban J connectivity index is 1.85. The normalized spacial score (nSPS) is 12.5. The first-order chi connectivity index (χ1) is 13.1.